The number of piperidine rings is 1. The van der Waals surface area contributed by atoms with Crippen LogP contribution in [0.15, 0.2) is 18.2 Å². The first-order valence-corrected chi connectivity index (χ1v) is 9.55. The molecule has 1 aliphatic heterocycles. The van der Waals surface area contributed by atoms with Gasteiger partial charge in [-0.15, -0.1) is 5.10 Å². The molecule has 0 spiro atoms. The molecule has 11 heteroatoms. The summed E-state index contributed by atoms with van der Waals surface area (Å²) in [5.41, 5.74) is 6.40. The maximum Gasteiger partial charge on any atom is 0.246 e. The predicted molar refractivity (Wildman–Crippen MR) is 98.8 cm³/mol. The van der Waals surface area contributed by atoms with Crippen molar-refractivity contribution in [3.8, 4) is 0 Å². The van der Waals surface area contributed by atoms with Gasteiger partial charge in [0, 0.05) is 19.1 Å². The summed E-state index contributed by atoms with van der Waals surface area (Å²) in [6.45, 7) is 1.44. The minimum atomic E-state index is -2.14. The molecule has 1 aromatic heterocycles. The van der Waals surface area contributed by atoms with Crippen molar-refractivity contribution in [1.82, 2.24) is 19.9 Å². The second kappa shape index (κ2) is 7.88. The number of anilines is 2. The Morgan fingerprint density at radius 1 is 1.36 bits per heavy atom. The van der Waals surface area contributed by atoms with Gasteiger partial charge < -0.3 is 10.6 Å². The molecule has 0 bridgehead atoms. The summed E-state index contributed by atoms with van der Waals surface area (Å²) in [5.74, 6) is 1.00. The number of aromatic amines is 1. The Morgan fingerprint density at radius 3 is 2.64 bits per heavy atom. The Bertz CT molecular complexity index is 766. The number of nitrogens with one attached hydrogen (secondary N) is 2. The van der Waals surface area contributed by atoms with E-state index >= 15 is 0 Å². The van der Waals surface area contributed by atoms with Crippen LogP contribution < -0.4 is 15.4 Å². The van der Waals surface area contributed by atoms with E-state index in [0.717, 1.165) is 31.5 Å². The fourth-order valence-corrected chi connectivity index (χ4v) is 3.94. The molecule has 1 saturated heterocycles. The van der Waals surface area contributed by atoms with Gasteiger partial charge in [0.15, 0.2) is 0 Å². The Morgan fingerprint density at radius 2 is 2.08 bits per heavy atom. The lowest BCUT2D eigenvalue weighted by Gasteiger charge is -2.35. The van der Waals surface area contributed by atoms with Gasteiger partial charge in [-0.1, -0.05) is 29.3 Å². The monoisotopic (exact) mass is 404 g/mol. The smallest absolute Gasteiger partial charge is 0.246 e. The highest BCUT2D eigenvalue weighted by Gasteiger charge is 2.30. The van der Waals surface area contributed by atoms with Crippen molar-refractivity contribution < 1.29 is 8.76 Å². The van der Waals surface area contributed by atoms with Crippen molar-refractivity contribution in [3.63, 3.8) is 0 Å². The van der Waals surface area contributed by atoms with Gasteiger partial charge in [-0.05, 0) is 36.5 Å². The third-order valence-electron chi connectivity index (χ3n) is 4.32. The number of benzene rings is 1. The lowest BCUT2D eigenvalue weighted by atomic mass is 9.86. The molecule has 1 aliphatic rings. The highest BCUT2D eigenvalue weighted by molar-refractivity contribution is 7.77. The molecule has 2 heterocycles. The Kier molecular flexibility index (Phi) is 5.80. The number of aromatic nitrogens is 3. The second-order valence-corrected chi connectivity index (χ2v) is 7.41. The summed E-state index contributed by atoms with van der Waals surface area (Å²) < 4.78 is 23.4. The van der Waals surface area contributed by atoms with Crippen LogP contribution in [0, 0.1) is 5.92 Å². The first-order chi connectivity index (χ1) is 11.9. The standard InChI is InChI=1S/C14H18Cl2N6O2S/c15-10-2-1-9(7-11(10)16)12(21-25(23)24)8-3-5-22(6-4-8)14-18-13(17)19-20-14/h1-2,7-8,12,21H,3-6H2,(H,23,24)(H3,17,18,19,20). The van der Waals surface area contributed by atoms with E-state index in [2.05, 4.69) is 19.9 Å². The third-order valence-corrected chi connectivity index (χ3v) is 5.51. The van der Waals surface area contributed by atoms with Crippen molar-refractivity contribution in [2.24, 2.45) is 5.92 Å². The molecule has 0 amide bonds. The van der Waals surface area contributed by atoms with Gasteiger partial charge in [0.1, 0.15) is 0 Å². The van der Waals surface area contributed by atoms with Crippen molar-refractivity contribution in [1.29, 1.82) is 0 Å². The quantitative estimate of drug-likeness (QED) is 0.567. The minimum Gasteiger partial charge on any atom is -0.368 e. The molecule has 8 nitrogen and oxygen atoms in total. The molecule has 2 unspecified atom stereocenters. The number of halogens is 2. The molecule has 1 aromatic carbocycles. The molecule has 3 rings (SSSR count). The van der Waals surface area contributed by atoms with E-state index in [1.807, 2.05) is 11.0 Å². The first-order valence-electron chi connectivity index (χ1n) is 7.69. The van der Waals surface area contributed by atoms with Crippen LogP contribution in [0.5, 0.6) is 0 Å². The number of nitrogens with two attached hydrogens (primary N) is 1. The lowest BCUT2D eigenvalue weighted by Crippen LogP contribution is -2.40. The van der Waals surface area contributed by atoms with Crippen LogP contribution in [0.4, 0.5) is 11.9 Å². The molecule has 0 saturated carbocycles. The summed E-state index contributed by atoms with van der Waals surface area (Å²) in [7, 11) is 0. The zero-order valence-electron chi connectivity index (χ0n) is 13.2. The van der Waals surface area contributed by atoms with Crippen molar-refractivity contribution in [2.45, 2.75) is 18.9 Å². The number of nitrogen functional groups attached to an aromatic ring is 1. The topological polar surface area (TPSA) is 120 Å². The van der Waals surface area contributed by atoms with Crippen LogP contribution in [-0.4, -0.2) is 37.0 Å². The molecule has 2 atom stereocenters. The molecule has 0 aliphatic carbocycles. The van der Waals surface area contributed by atoms with Crippen LogP contribution in [0.2, 0.25) is 10.0 Å². The fourth-order valence-electron chi connectivity index (χ4n) is 3.09. The van der Waals surface area contributed by atoms with E-state index in [1.54, 1.807) is 12.1 Å². The number of hydrogen-bond donors (Lipinski definition) is 4. The molecule has 1 fully saturated rings. The Balaban J connectivity index is 1.74. The predicted octanol–water partition coefficient (Wildman–Crippen LogP) is 2.38. The second-order valence-electron chi connectivity index (χ2n) is 5.86. The largest absolute Gasteiger partial charge is 0.368 e. The normalized spacial score (nSPS) is 18.3. The van der Waals surface area contributed by atoms with E-state index in [9.17, 15) is 8.76 Å². The zero-order chi connectivity index (χ0) is 18.0. The van der Waals surface area contributed by atoms with Gasteiger partial charge in [-0.3, -0.25) is 4.55 Å². The summed E-state index contributed by atoms with van der Waals surface area (Å²) in [6.07, 6.45) is 1.59. The molecule has 5 N–H and O–H groups in total. The van der Waals surface area contributed by atoms with Gasteiger partial charge >= 0.3 is 0 Å². The number of nitrogens with zero attached hydrogens (tertiary/aromatic N) is 3. The molecule has 2 aromatic rings. The molecular weight excluding hydrogens is 387 g/mol. The average Bonchev–Trinajstić information content (AvgIpc) is 3.02. The molecule has 136 valence electrons. The van der Waals surface area contributed by atoms with E-state index in [1.165, 1.54) is 0 Å². The number of rotatable bonds is 5. The summed E-state index contributed by atoms with van der Waals surface area (Å²) in [6, 6.07) is 4.94. The number of H-pyrrole nitrogens is 1. The fraction of sp³-hybridized carbons (Fsp3) is 0.429. The van der Waals surface area contributed by atoms with Crippen molar-refractivity contribution >= 4 is 46.4 Å². The Labute approximate surface area is 157 Å². The SMILES string of the molecule is Nc1nc(N2CCC(C(NS(=O)O)c3ccc(Cl)c(Cl)c3)CC2)n[nH]1. The molecule has 0 radical (unpaired) electrons. The summed E-state index contributed by atoms with van der Waals surface area (Å²) in [5, 5.41) is 7.56. The van der Waals surface area contributed by atoms with E-state index < -0.39 is 11.3 Å². The van der Waals surface area contributed by atoms with E-state index in [4.69, 9.17) is 28.9 Å². The third kappa shape index (κ3) is 4.42. The summed E-state index contributed by atoms with van der Waals surface area (Å²) >= 11 is 9.93. The van der Waals surface area contributed by atoms with Crippen LogP contribution in [-0.2, 0) is 11.3 Å². The van der Waals surface area contributed by atoms with E-state index in [0.29, 0.717) is 16.0 Å². The molecular formula is C14H18Cl2N6O2S. The van der Waals surface area contributed by atoms with Gasteiger partial charge in [0.05, 0.1) is 10.0 Å². The maximum absolute atomic E-state index is 11.4. The maximum atomic E-state index is 11.4. The Hall–Kier alpha value is -1.39. The zero-order valence-corrected chi connectivity index (χ0v) is 15.5. The first kappa shape index (κ1) is 18.4. The van der Waals surface area contributed by atoms with Gasteiger partial charge in [0.25, 0.3) is 0 Å². The minimum absolute atomic E-state index is 0.154. The number of hydrogen-bond acceptors (Lipinski definition) is 5. The van der Waals surface area contributed by atoms with Crippen LogP contribution in [0.3, 0.4) is 0 Å². The molecule has 25 heavy (non-hydrogen) atoms. The van der Waals surface area contributed by atoms with Gasteiger partial charge in [-0.25, -0.2) is 14.0 Å². The lowest BCUT2D eigenvalue weighted by molar-refractivity contribution is 0.324. The van der Waals surface area contributed by atoms with Crippen LogP contribution in [0.1, 0.15) is 24.4 Å². The van der Waals surface area contributed by atoms with Gasteiger partial charge in [-0.2, -0.15) is 4.98 Å². The highest BCUT2D eigenvalue weighted by Crippen LogP contribution is 2.34. The van der Waals surface area contributed by atoms with E-state index in [-0.39, 0.29) is 17.9 Å². The van der Waals surface area contributed by atoms with Crippen LogP contribution in [0.25, 0.3) is 0 Å². The summed E-state index contributed by atoms with van der Waals surface area (Å²) in [4.78, 5) is 6.17. The van der Waals surface area contributed by atoms with Crippen LogP contribution >= 0.6 is 23.2 Å². The average molecular weight is 405 g/mol. The van der Waals surface area contributed by atoms with Gasteiger partial charge in [0.2, 0.25) is 23.2 Å². The highest BCUT2D eigenvalue weighted by atomic mass is 35.5. The van der Waals surface area contributed by atoms with Crippen molar-refractivity contribution in [3.05, 3.63) is 33.8 Å². The van der Waals surface area contributed by atoms with Crippen molar-refractivity contribution in [2.75, 3.05) is 23.7 Å².